The van der Waals surface area contributed by atoms with Gasteiger partial charge in [0.25, 0.3) is 0 Å². The van der Waals surface area contributed by atoms with Crippen LogP contribution >= 0.6 is 0 Å². The fourth-order valence-electron chi connectivity index (χ4n) is 7.78. The molecule has 51 heavy (non-hydrogen) atoms. The van der Waals surface area contributed by atoms with E-state index in [1.54, 1.807) is 0 Å². The first-order valence-corrected chi connectivity index (χ1v) is 18.1. The van der Waals surface area contributed by atoms with E-state index in [-0.39, 0.29) is 19.5 Å². The minimum atomic E-state index is 0. The Morgan fingerprint density at radius 1 is 0.549 bits per heavy atom. The van der Waals surface area contributed by atoms with Gasteiger partial charge >= 0.3 is 19.5 Å². The van der Waals surface area contributed by atoms with Gasteiger partial charge in [-0.15, -0.1) is 11.4 Å². The minimum Gasteiger partial charge on any atom is -0.660 e. The normalized spacial score (nSPS) is 16.2. The number of aromatic nitrogens is 4. The predicted octanol–water partition coefficient (Wildman–Crippen LogP) is 10.4. The second-order valence-corrected chi connectivity index (χ2v) is 13.2. The van der Waals surface area contributed by atoms with Crippen LogP contribution in [0.15, 0.2) is 92.7 Å². The van der Waals surface area contributed by atoms with Crippen LogP contribution in [-0.2, 0) is 32.3 Å². The fourth-order valence-corrected chi connectivity index (χ4v) is 7.78. The zero-order valence-electron chi connectivity index (χ0n) is 32.8. The number of aliphatic imine (C=N–C) groups is 2. The maximum atomic E-state index is 4.94. The third-order valence-corrected chi connectivity index (χ3v) is 10.4. The Kier molecular flexibility index (Phi) is 13.1. The average Bonchev–Trinajstić information content (AvgIpc) is 3.77. The molecule has 0 saturated carbocycles. The molecule has 6 nitrogen and oxygen atoms in total. The van der Waals surface area contributed by atoms with Crippen LogP contribution in [0.2, 0.25) is 0 Å². The first kappa shape index (κ1) is 39.6. The van der Waals surface area contributed by atoms with Crippen LogP contribution < -0.4 is 9.97 Å². The zero-order chi connectivity index (χ0) is 36.3. The summed E-state index contributed by atoms with van der Waals surface area (Å²) < 4.78 is 0. The summed E-state index contributed by atoms with van der Waals surface area (Å²) in [5, 5.41) is 0. The molecule has 6 heterocycles. The molecule has 0 amide bonds. The van der Waals surface area contributed by atoms with Gasteiger partial charge in [-0.3, -0.25) is 20.0 Å². The summed E-state index contributed by atoms with van der Waals surface area (Å²) in [5.74, 6) is 0. The van der Waals surface area contributed by atoms with Crippen molar-refractivity contribution in [1.29, 1.82) is 0 Å². The van der Waals surface area contributed by atoms with Gasteiger partial charge in [0.2, 0.25) is 0 Å². The second kappa shape index (κ2) is 16.9. The van der Waals surface area contributed by atoms with Crippen molar-refractivity contribution in [3.8, 4) is 0 Å². The molecule has 0 bridgehead atoms. The van der Waals surface area contributed by atoms with Crippen molar-refractivity contribution < 1.29 is 19.5 Å². The Morgan fingerprint density at radius 2 is 0.922 bits per heavy atom. The molecule has 2 aliphatic rings. The number of hydrogen-bond donors (Lipinski definition) is 0. The van der Waals surface area contributed by atoms with Crippen molar-refractivity contribution in [1.82, 2.24) is 19.9 Å². The molecular formula is C44H52N6Zn. The molecule has 0 radical (unpaired) electrons. The van der Waals surface area contributed by atoms with E-state index in [0.29, 0.717) is 0 Å². The number of rotatable bonds is 8. The van der Waals surface area contributed by atoms with E-state index in [1.165, 1.54) is 44.5 Å². The molecule has 0 aromatic carbocycles. The molecule has 2 aliphatic heterocycles. The largest absolute Gasteiger partial charge is 2.00 e. The van der Waals surface area contributed by atoms with Gasteiger partial charge in [0, 0.05) is 47.3 Å². The Labute approximate surface area is 318 Å². The molecule has 0 unspecified atom stereocenters. The van der Waals surface area contributed by atoms with Crippen LogP contribution in [0.25, 0.3) is 11.1 Å². The van der Waals surface area contributed by atoms with Crippen molar-refractivity contribution in [3.63, 3.8) is 0 Å². The molecule has 0 atom stereocenters. The molecule has 0 spiro atoms. The van der Waals surface area contributed by atoms with Gasteiger partial charge in [-0.05, 0) is 113 Å². The van der Waals surface area contributed by atoms with Crippen molar-refractivity contribution in [2.75, 3.05) is 0 Å². The summed E-state index contributed by atoms with van der Waals surface area (Å²) in [6.45, 7) is 25.9. The SMILES string of the molecule is CCC1=C(C)/C(=C(\c2cccnc2)c2[n-]c(C)c(CC)c2C)N=C1C.CCC1=C(C)/C(=C(\c2cccnc2)c2[n-]c(C)c(CC)c2C)N=C1C.[Zn+2]. The van der Waals surface area contributed by atoms with Crippen molar-refractivity contribution in [2.45, 2.75) is 109 Å². The average molecular weight is 730 g/mol. The maximum absolute atomic E-state index is 4.94. The molecule has 260 valence electrons. The molecule has 0 saturated heterocycles. The molecule has 0 fully saturated rings. The Morgan fingerprint density at radius 3 is 1.18 bits per heavy atom. The Balaban J connectivity index is 0.000000224. The van der Waals surface area contributed by atoms with Crippen molar-refractivity contribution >= 4 is 22.6 Å². The summed E-state index contributed by atoms with van der Waals surface area (Å²) in [5.41, 5.74) is 23.4. The van der Waals surface area contributed by atoms with E-state index in [4.69, 9.17) is 20.0 Å². The summed E-state index contributed by atoms with van der Waals surface area (Å²) in [6.07, 6.45) is 11.4. The topological polar surface area (TPSA) is 78.7 Å². The van der Waals surface area contributed by atoms with Gasteiger partial charge in [-0.2, -0.15) is 11.4 Å². The maximum Gasteiger partial charge on any atom is 2.00 e. The third-order valence-electron chi connectivity index (χ3n) is 10.4. The predicted molar refractivity (Wildman–Crippen MR) is 210 cm³/mol. The van der Waals surface area contributed by atoms with Gasteiger partial charge in [0.05, 0.1) is 11.4 Å². The van der Waals surface area contributed by atoms with Gasteiger partial charge in [0.15, 0.2) is 0 Å². The third kappa shape index (κ3) is 7.55. The standard InChI is InChI=1S/2C22H26N3.Zn/c2*1-7-18-13(3)21(24-15(18)5)20(17-10-9-11-23-12-17)22-14(4)19(8-2)16(6)25-22;/h2*9-12H,7-8H2,1-6H3;/q2*-1;+2/b2*21-20-;. The summed E-state index contributed by atoms with van der Waals surface area (Å²) in [4.78, 5) is 28.4. The molecule has 0 N–H and O–H groups in total. The van der Waals surface area contributed by atoms with Crippen LogP contribution in [0.5, 0.6) is 0 Å². The number of aryl methyl sites for hydroxylation is 2. The van der Waals surface area contributed by atoms with Crippen LogP contribution in [-0.4, -0.2) is 21.4 Å². The first-order chi connectivity index (χ1) is 24.0. The molecule has 4 aromatic heterocycles. The number of nitrogens with zero attached hydrogens (tertiary/aromatic N) is 6. The molecule has 7 heteroatoms. The van der Waals surface area contributed by atoms with E-state index in [0.717, 1.165) is 93.5 Å². The Bertz CT molecular complexity index is 1940. The zero-order valence-corrected chi connectivity index (χ0v) is 35.8. The smallest absolute Gasteiger partial charge is 0.660 e. The van der Waals surface area contributed by atoms with E-state index in [1.807, 2.05) is 36.9 Å². The monoisotopic (exact) mass is 728 g/mol. The molecule has 4 aromatic rings. The van der Waals surface area contributed by atoms with E-state index >= 15 is 0 Å². The molecular weight excluding hydrogens is 678 g/mol. The van der Waals surface area contributed by atoms with Crippen LogP contribution in [0.1, 0.15) is 124 Å². The van der Waals surface area contributed by atoms with Crippen molar-refractivity contribution in [2.24, 2.45) is 9.98 Å². The summed E-state index contributed by atoms with van der Waals surface area (Å²) in [6, 6.07) is 8.17. The minimum absolute atomic E-state index is 0. The van der Waals surface area contributed by atoms with Crippen molar-refractivity contribution in [3.05, 3.63) is 139 Å². The summed E-state index contributed by atoms with van der Waals surface area (Å²) >= 11 is 0. The molecule has 0 aliphatic carbocycles. The second-order valence-electron chi connectivity index (χ2n) is 13.2. The van der Waals surface area contributed by atoms with Crippen LogP contribution in [0, 0.1) is 27.7 Å². The first-order valence-electron chi connectivity index (χ1n) is 18.1. The van der Waals surface area contributed by atoms with Gasteiger partial charge in [0.1, 0.15) is 0 Å². The van der Waals surface area contributed by atoms with Crippen LogP contribution in [0.4, 0.5) is 0 Å². The number of allylic oxidation sites excluding steroid dienone is 4. The van der Waals surface area contributed by atoms with E-state index in [2.05, 4.69) is 105 Å². The fraction of sp³-hybridized carbons (Fsp3) is 0.364. The van der Waals surface area contributed by atoms with E-state index in [9.17, 15) is 0 Å². The van der Waals surface area contributed by atoms with Gasteiger partial charge < -0.3 is 9.97 Å². The number of pyridine rings is 2. The van der Waals surface area contributed by atoms with Crippen LogP contribution in [0.3, 0.4) is 0 Å². The quantitative estimate of drug-likeness (QED) is 0.169. The Hall–Kier alpha value is -4.22. The molecule has 6 rings (SSSR count). The summed E-state index contributed by atoms with van der Waals surface area (Å²) in [7, 11) is 0. The number of hydrogen-bond acceptors (Lipinski definition) is 4. The van der Waals surface area contributed by atoms with Gasteiger partial charge in [-0.1, -0.05) is 75.9 Å². The van der Waals surface area contributed by atoms with Gasteiger partial charge in [-0.25, -0.2) is 0 Å². The van der Waals surface area contributed by atoms with E-state index < -0.39 is 0 Å².